The molecule has 0 radical (unpaired) electrons. The summed E-state index contributed by atoms with van der Waals surface area (Å²) in [6.45, 7) is 7.28. The lowest BCUT2D eigenvalue weighted by Gasteiger charge is -2.32. The second-order valence-electron chi connectivity index (χ2n) is 9.35. The number of carbonyl (C=O) groups is 1. The third-order valence-electron chi connectivity index (χ3n) is 6.68. The van der Waals surface area contributed by atoms with Gasteiger partial charge in [0, 0.05) is 68.3 Å². The Balaban J connectivity index is 1.32. The van der Waals surface area contributed by atoms with Gasteiger partial charge in [0.2, 0.25) is 12.4 Å². The van der Waals surface area contributed by atoms with Crippen LogP contribution in [0, 0.1) is 6.92 Å². The summed E-state index contributed by atoms with van der Waals surface area (Å²) in [6, 6.07) is 19.8. The van der Waals surface area contributed by atoms with Crippen LogP contribution in [0.1, 0.15) is 11.1 Å². The van der Waals surface area contributed by atoms with Gasteiger partial charge < -0.3 is 10.2 Å². The molecule has 3 heterocycles. The highest BCUT2D eigenvalue weighted by molar-refractivity contribution is 5.88. The number of nitrogens with one attached hydrogen (secondary N) is 1. The Morgan fingerprint density at radius 1 is 0.973 bits per heavy atom. The molecule has 1 fully saturated rings. The number of hydrogen-bond donors (Lipinski definition) is 1. The highest BCUT2D eigenvalue weighted by atomic mass is 16.1. The molecule has 0 aliphatic carbocycles. The second kappa shape index (κ2) is 11.3. The number of likely N-dealkylation sites (N-methyl/N-ethyl adjacent to an activating group) is 1. The topological polar surface area (TPSA) is 77.5 Å². The van der Waals surface area contributed by atoms with Crippen molar-refractivity contribution in [1.82, 2.24) is 24.8 Å². The van der Waals surface area contributed by atoms with E-state index >= 15 is 0 Å². The molecule has 1 aliphatic heterocycles. The van der Waals surface area contributed by atoms with E-state index < -0.39 is 0 Å². The molecular formula is C29H31N7O. The minimum absolute atomic E-state index is 0.479. The van der Waals surface area contributed by atoms with Crippen molar-refractivity contribution in [3.8, 4) is 11.3 Å². The lowest BCUT2D eigenvalue weighted by molar-refractivity contribution is -0.106. The van der Waals surface area contributed by atoms with Gasteiger partial charge >= 0.3 is 0 Å². The molecular weight excluding hydrogens is 462 g/mol. The average molecular weight is 494 g/mol. The SMILES string of the molecule is Cc1ccc(N(C=O)c2ccc(CN3CCN(C)CC3)cc2)cc1Nc1nccc(-c2cccnc2)n1. The van der Waals surface area contributed by atoms with Crippen LogP contribution in [0.2, 0.25) is 0 Å². The molecule has 5 rings (SSSR count). The van der Waals surface area contributed by atoms with Crippen molar-refractivity contribution >= 4 is 29.4 Å². The molecule has 2 aromatic heterocycles. The van der Waals surface area contributed by atoms with Crippen LogP contribution >= 0.6 is 0 Å². The molecule has 2 aromatic carbocycles. The molecule has 1 amide bonds. The van der Waals surface area contributed by atoms with Gasteiger partial charge in [0.15, 0.2) is 0 Å². The smallest absolute Gasteiger partial charge is 0.227 e. The molecule has 0 spiro atoms. The quantitative estimate of drug-likeness (QED) is 0.359. The van der Waals surface area contributed by atoms with Crippen molar-refractivity contribution in [2.45, 2.75) is 13.5 Å². The van der Waals surface area contributed by atoms with Gasteiger partial charge in [0.05, 0.1) is 11.4 Å². The van der Waals surface area contributed by atoms with E-state index in [0.717, 1.165) is 73.0 Å². The number of piperazine rings is 1. The van der Waals surface area contributed by atoms with E-state index in [1.54, 1.807) is 23.5 Å². The Morgan fingerprint density at radius 2 is 1.76 bits per heavy atom. The standard InChI is InChI=1S/C29H31N7O/c1-22-5-8-26(18-28(22)33-29-31-13-11-27(32-29)24-4-3-12-30-19-24)36(21-37)25-9-6-23(7-10-25)20-35-16-14-34(2)15-17-35/h3-13,18-19,21H,14-17,20H2,1-2H3,(H,31,32,33). The fourth-order valence-corrected chi connectivity index (χ4v) is 4.41. The number of pyridine rings is 1. The van der Waals surface area contributed by atoms with Gasteiger partial charge in [-0.05, 0) is 67.6 Å². The molecule has 37 heavy (non-hydrogen) atoms. The number of nitrogens with zero attached hydrogens (tertiary/aromatic N) is 6. The van der Waals surface area contributed by atoms with E-state index in [0.29, 0.717) is 5.95 Å². The van der Waals surface area contributed by atoms with Gasteiger partial charge in [0.1, 0.15) is 0 Å². The second-order valence-corrected chi connectivity index (χ2v) is 9.35. The van der Waals surface area contributed by atoms with Crippen molar-refractivity contribution in [3.63, 3.8) is 0 Å². The molecule has 1 N–H and O–H groups in total. The molecule has 1 saturated heterocycles. The Labute approximate surface area is 217 Å². The van der Waals surface area contributed by atoms with E-state index in [4.69, 9.17) is 0 Å². The first-order valence-electron chi connectivity index (χ1n) is 12.4. The van der Waals surface area contributed by atoms with Gasteiger partial charge in [-0.2, -0.15) is 0 Å². The summed E-state index contributed by atoms with van der Waals surface area (Å²) in [6.07, 6.45) is 6.08. The number of anilines is 4. The average Bonchev–Trinajstić information content (AvgIpc) is 2.94. The molecule has 1 aliphatic rings. The van der Waals surface area contributed by atoms with Gasteiger partial charge in [-0.25, -0.2) is 9.97 Å². The van der Waals surface area contributed by atoms with Crippen molar-refractivity contribution in [3.05, 3.63) is 90.4 Å². The maximum atomic E-state index is 12.2. The van der Waals surface area contributed by atoms with Crippen molar-refractivity contribution < 1.29 is 4.79 Å². The summed E-state index contributed by atoms with van der Waals surface area (Å²) in [5, 5.41) is 3.32. The predicted octanol–water partition coefficient (Wildman–Crippen LogP) is 4.63. The van der Waals surface area contributed by atoms with Gasteiger partial charge in [-0.3, -0.25) is 19.6 Å². The summed E-state index contributed by atoms with van der Waals surface area (Å²) in [4.78, 5) is 31.8. The third-order valence-corrected chi connectivity index (χ3v) is 6.68. The maximum Gasteiger partial charge on any atom is 0.227 e. The lowest BCUT2D eigenvalue weighted by Crippen LogP contribution is -2.43. The summed E-state index contributed by atoms with van der Waals surface area (Å²) in [5.74, 6) is 0.479. The predicted molar refractivity (Wildman–Crippen MR) is 147 cm³/mol. The Bertz CT molecular complexity index is 1340. The summed E-state index contributed by atoms with van der Waals surface area (Å²) >= 11 is 0. The number of benzene rings is 2. The molecule has 4 aromatic rings. The monoisotopic (exact) mass is 493 g/mol. The zero-order valence-corrected chi connectivity index (χ0v) is 21.2. The normalized spacial score (nSPS) is 14.3. The molecule has 0 atom stereocenters. The summed E-state index contributed by atoms with van der Waals surface area (Å²) in [5.41, 5.74) is 6.38. The number of amides is 1. The molecule has 8 heteroatoms. The Kier molecular flexibility index (Phi) is 7.49. The fourth-order valence-electron chi connectivity index (χ4n) is 4.41. The highest BCUT2D eigenvalue weighted by Crippen LogP contribution is 2.30. The molecule has 0 bridgehead atoms. The van der Waals surface area contributed by atoms with Crippen LogP contribution in [0.4, 0.5) is 23.0 Å². The van der Waals surface area contributed by atoms with Crippen molar-refractivity contribution in [2.24, 2.45) is 0 Å². The van der Waals surface area contributed by atoms with Gasteiger partial charge in [0.25, 0.3) is 0 Å². The number of aryl methyl sites for hydroxylation is 1. The first-order chi connectivity index (χ1) is 18.1. The lowest BCUT2D eigenvalue weighted by atomic mass is 10.1. The first-order valence-corrected chi connectivity index (χ1v) is 12.4. The zero-order chi connectivity index (χ0) is 25.6. The van der Waals surface area contributed by atoms with Crippen LogP contribution < -0.4 is 10.2 Å². The van der Waals surface area contributed by atoms with E-state index in [1.165, 1.54) is 5.56 Å². The summed E-state index contributed by atoms with van der Waals surface area (Å²) < 4.78 is 0. The Morgan fingerprint density at radius 3 is 2.49 bits per heavy atom. The van der Waals surface area contributed by atoms with Crippen LogP contribution in [0.3, 0.4) is 0 Å². The van der Waals surface area contributed by atoms with Gasteiger partial charge in [-0.1, -0.05) is 18.2 Å². The maximum absolute atomic E-state index is 12.2. The molecule has 0 saturated carbocycles. The van der Waals surface area contributed by atoms with Crippen LogP contribution in [-0.2, 0) is 11.3 Å². The number of aromatic nitrogens is 3. The van der Waals surface area contributed by atoms with Crippen LogP contribution in [0.25, 0.3) is 11.3 Å². The number of hydrogen-bond acceptors (Lipinski definition) is 7. The zero-order valence-electron chi connectivity index (χ0n) is 21.2. The Hall–Kier alpha value is -4.14. The number of carbonyl (C=O) groups excluding carboxylic acids is 1. The summed E-state index contributed by atoms with van der Waals surface area (Å²) in [7, 11) is 2.17. The van der Waals surface area contributed by atoms with Gasteiger partial charge in [-0.15, -0.1) is 0 Å². The van der Waals surface area contributed by atoms with Crippen molar-refractivity contribution in [1.29, 1.82) is 0 Å². The van der Waals surface area contributed by atoms with E-state index in [9.17, 15) is 4.79 Å². The van der Waals surface area contributed by atoms with Crippen LogP contribution in [-0.4, -0.2) is 64.4 Å². The highest BCUT2D eigenvalue weighted by Gasteiger charge is 2.15. The largest absolute Gasteiger partial charge is 0.324 e. The third kappa shape index (κ3) is 5.99. The fraction of sp³-hybridized carbons (Fsp3) is 0.241. The molecule has 0 unspecified atom stereocenters. The number of rotatable bonds is 8. The first kappa shape index (κ1) is 24.5. The van der Waals surface area contributed by atoms with E-state index in [2.05, 4.69) is 49.2 Å². The minimum Gasteiger partial charge on any atom is -0.324 e. The molecule has 188 valence electrons. The van der Waals surface area contributed by atoms with E-state index in [-0.39, 0.29) is 0 Å². The van der Waals surface area contributed by atoms with Crippen LogP contribution in [0.5, 0.6) is 0 Å². The van der Waals surface area contributed by atoms with Crippen molar-refractivity contribution in [2.75, 3.05) is 43.4 Å². The minimum atomic E-state index is 0.479. The van der Waals surface area contributed by atoms with Crippen LogP contribution in [0.15, 0.2) is 79.3 Å². The van der Waals surface area contributed by atoms with E-state index in [1.807, 2.05) is 55.5 Å². The molecule has 8 nitrogen and oxygen atoms in total.